The highest BCUT2D eigenvalue weighted by atomic mass is 32.2. The highest BCUT2D eigenvalue weighted by Crippen LogP contribution is 2.30. The van der Waals surface area contributed by atoms with Crippen LogP contribution in [0.4, 0.5) is 0 Å². The van der Waals surface area contributed by atoms with Crippen molar-refractivity contribution < 1.29 is 0 Å². The van der Waals surface area contributed by atoms with Crippen molar-refractivity contribution in [3.05, 3.63) is 45.3 Å². The third-order valence-corrected chi connectivity index (χ3v) is 4.06. The fourth-order valence-electron chi connectivity index (χ4n) is 2.09. The molecule has 0 bridgehead atoms. The normalized spacial score (nSPS) is 20.2. The number of benzene rings is 1. The molecule has 0 saturated carbocycles. The van der Waals surface area contributed by atoms with E-state index in [0.717, 1.165) is 6.42 Å². The highest BCUT2D eigenvalue weighted by Gasteiger charge is 2.15. The predicted molar refractivity (Wildman–Crippen MR) is 89.1 cm³/mol. The average molecular weight is 275 g/mol. The van der Waals surface area contributed by atoms with E-state index < -0.39 is 0 Å². The summed E-state index contributed by atoms with van der Waals surface area (Å²) in [4.78, 5) is 1.42. The van der Waals surface area contributed by atoms with Crippen LogP contribution in [0, 0.1) is 0 Å². The first-order valence-corrected chi connectivity index (χ1v) is 7.93. The van der Waals surface area contributed by atoms with Crippen molar-refractivity contribution in [3.63, 3.8) is 0 Å². The fraction of sp³-hybridized carbons (Fsp3) is 0.412. The lowest BCUT2D eigenvalue weighted by Gasteiger charge is -2.04. The zero-order chi connectivity index (χ0) is 14.3. The maximum Gasteiger partial charge on any atom is 0.0735 e. The lowest BCUT2D eigenvalue weighted by Crippen LogP contribution is -2.24. The van der Waals surface area contributed by atoms with Gasteiger partial charge in [-0.05, 0) is 31.2 Å². The fourth-order valence-corrected chi connectivity index (χ4v) is 3.10. The summed E-state index contributed by atoms with van der Waals surface area (Å²) in [5.74, 6) is 0. The standard InChI is InChI=1S/C15H19NS.C2H6/c1-4-13-7-5-6-8-14(13)9-10-15-11(2)17-12(3)16-15;1-2/h4-9,12,16H,10H2,1-3H3;1-2H3/b13-4-,14-9-;. The first-order valence-electron chi connectivity index (χ1n) is 7.05. The van der Waals surface area contributed by atoms with Gasteiger partial charge in [-0.3, -0.25) is 0 Å². The van der Waals surface area contributed by atoms with Crippen LogP contribution in [0.1, 0.15) is 41.0 Å². The molecule has 0 aliphatic carbocycles. The van der Waals surface area contributed by atoms with Gasteiger partial charge in [0.25, 0.3) is 0 Å². The van der Waals surface area contributed by atoms with E-state index in [9.17, 15) is 0 Å². The molecule has 0 aromatic heterocycles. The Kier molecular flexibility index (Phi) is 6.79. The van der Waals surface area contributed by atoms with Gasteiger partial charge in [0.1, 0.15) is 0 Å². The molecule has 1 nitrogen and oxygen atoms in total. The van der Waals surface area contributed by atoms with Gasteiger partial charge < -0.3 is 5.32 Å². The molecule has 1 aliphatic rings. The summed E-state index contributed by atoms with van der Waals surface area (Å²) in [6.45, 7) is 10.5. The van der Waals surface area contributed by atoms with Gasteiger partial charge in [-0.1, -0.05) is 50.3 Å². The molecule has 1 unspecified atom stereocenters. The summed E-state index contributed by atoms with van der Waals surface area (Å²) in [7, 11) is 0. The Hall–Kier alpha value is -1.15. The van der Waals surface area contributed by atoms with Gasteiger partial charge in [0.15, 0.2) is 0 Å². The van der Waals surface area contributed by atoms with Crippen LogP contribution in [0.2, 0.25) is 0 Å². The molecule has 2 rings (SSSR count). The van der Waals surface area contributed by atoms with E-state index in [1.165, 1.54) is 21.0 Å². The Balaban J connectivity index is 0.000000861. The van der Waals surface area contributed by atoms with E-state index in [-0.39, 0.29) is 0 Å². The molecule has 0 saturated heterocycles. The molecule has 1 N–H and O–H groups in total. The van der Waals surface area contributed by atoms with Crippen molar-refractivity contribution in [1.29, 1.82) is 0 Å². The molecule has 1 aliphatic heterocycles. The Morgan fingerprint density at radius 2 is 1.84 bits per heavy atom. The molecule has 1 atom stereocenters. The lowest BCUT2D eigenvalue weighted by molar-refractivity contribution is 0.803. The molecule has 104 valence electrons. The van der Waals surface area contributed by atoms with Crippen LogP contribution in [-0.4, -0.2) is 5.37 Å². The lowest BCUT2D eigenvalue weighted by atomic mass is 10.2. The van der Waals surface area contributed by atoms with Gasteiger partial charge >= 0.3 is 0 Å². The van der Waals surface area contributed by atoms with Gasteiger partial charge in [-0.2, -0.15) is 0 Å². The highest BCUT2D eigenvalue weighted by molar-refractivity contribution is 8.03. The molecule has 2 heteroatoms. The minimum absolute atomic E-state index is 0.520. The Morgan fingerprint density at radius 3 is 2.37 bits per heavy atom. The summed E-state index contributed by atoms with van der Waals surface area (Å²) in [5, 5.41) is 6.66. The van der Waals surface area contributed by atoms with Crippen molar-refractivity contribution in [3.8, 4) is 0 Å². The van der Waals surface area contributed by atoms with Crippen molar-refractivity contribution in [1.82, 2.24) is 5.32 Å². The summed E-state index contributed by atoms with van der Waals surface area (Å²) < 4.78 is 0. The summed E-state index contributed by atoms with van der Waals surface area (Å²) in [6.07, 6.45) is 5.46. The SMILES string of the molecule is C/C=c1/cccc/c1=C/CC1=C(C)SC(C)N1.CC. The smallest absolute Gasteiger partial charge is 0.0735 e. The van der Waals surface area contributed by atoms with Crippen molar-refractivity contribution >= 4 is 23.9 Å². The zero-order valence-corrected chi connectivity index (χ0v) is 13.5. The maximum absolute atomic E-state index is 3.51. The Morgan fingerprint density at radius 1 is 1.21 bits per heavy atom. The number of rotatable bonds is 2. The number of allylic oxidation sites excluding steroid dienone is 2. The van der Waals surface area contributed by atoms with E-state index in [4.69, 9.17) is 0 Å². The quantitative estimate of drug-likeness (QED) is 0.885. The molecular formula is C17H25NS. The second-order valence-corrected chi connectivity index (χ2v) is 5.82. The van der Waals surface area contributed by atoms with Gasteiger partial charge in [-0.15, -0.1) is 11.8 Å². The van der Waals surface area contributed by atoms with Crippen LogP contribution in [0.25, 0.3) is 12.2 Å². The molecule has 1 aromatic carbocycles. The van der Waals surface area contributed by atoms with E-state index >= 15 is 0 Å². The molecule has 0 spiro atoms. The van der Waals surface area contributed by atoms with E-state index in [1.807, 2.05) is 25.6 Å². The molecule has 1 heterocycles. The molecule has 0 amide bonds. The first-order chi connectivity index (χ1) is 9.20. The topological polar surface area (TPSA) is 12.0 Å². The van der Waals surface area contributed by atoms with E-state index in [0.29, 0.717) is 5.37 Å². The number of nitrogens with one attached hydrogen (secondary N) is 1. The minimum Gasteiger partial charge on any atom is -0.376 e. The first kappa shape index (κ1) is 15.9. The largest absolute Gasteiger partial charge is 0.376 e. The van der Waals surface area contributed by atoms with Crippen LogP contribution in [-0.2, 0) is 0 Å². The zero-order valence-electron chi connectivity index (χ0n) is 12.7. The van der Waals surface area contributed by atoms with Gasteiger partial charge in [-0.25, -0.2) is 0 Å². The van der Waals surface area contributed by atoms with Crippen LogP contribution < -0.4 is 15.8 Å². The van der Waals surface area contributed by atoms with Gasteiger partial charge in [0, 0.05) is 17.0 Å². The minimum atomic E-state index is 0.520. The maximum atomic E-state index is 3.51. The monoisotopic (exact) mass is 275 g/mol. The average Bonchev–Trinajstić information content (AvgIpc) is 2.77. The van der Waals surface area contributed by atoms with Crippen LogP contribution in [0.3, 0.4) is 0 Å². The Bertz CT molecular complexity index is 543. The molecule has 19 heavy (non-hydrogen) atoms. The number of thioether (sulfide) groups is 1. The predicted octanol–water partition coefficient (Wildman–Crippen LogP) is 3.60. The van der Waals surface area contributed by atoms with Crippen molar-refractivity contribution in [2.45, 2.75) is 46.4 Å². The van der Waals surface area contributed by atoms with E-state index in [1.54, 1.807) is 0 Å². The second kappa shape index (κ2) is 8.11. The summed E-state index contributed by atoms with van der Waals surface area (Å²) >= 11 is 1.91. The van der Waals surface area contributed by atoms with Crippen LogP contribution in [0.5, 0.6) is 0 Å². The van der Waals surface area contributed by atoms with Crippen LogP contribution >= 0.6 is 11.8 Å². The van der Waals surface area contributed by atoms with E-state index in [2.05, 4.69) is 62.5 Å². The van der Waals surface area contributed by atoms with Crippen LogP contribution in [0.15, 0.2) is 34.9 Å². The third kappa shape index (κ3) is 4.46. The number of hydrogen-bond donors (Lipinski definition) is 1. The second-order valence-electron chi connectivity index (χ2n) is 4.26. The molecule has 0 radical (unpaired) electrons. The van der Waals surface area contributed by atoms with Crippen molar-refractivity contribution in [2.75, 3.05) is 0 Å². The molecule has 0 fully saturated rings. The molecular weight excluding hydrogens is 250 g/mol. The Labute approximate surface area is 121 Å². The van der Waals surface area contributed by atoms with Gasteiger partial charge in [0.2, 0.25) is 0 Å². The molecule has 1 aromatic rings. The van der Waals surface area contributed by atoms with Gasteiger partial charge in [0.05, 0.1) is 5.37 Å². The summed E-state index contributed by atoms with van der Waals surface area (Å²) in [6, 6.07) is 8.52. The number of hydrogen-bond acceptors (Lipinski definition) is 2. The van der Waals surface area contributed by atoms with Crippen molar-refractivity contribution in [2.24, 2.45) is 0 Å². The summed E-state index contributed by atoms with van der Waals surface area (Å²) in [5.41, 5.74) is 1.37. The third-order valence-electron chi connectivity index (χ3n) is 2.99.